The Bertz CT molecular complexity index is 683. The van der Waals surface area contributed by atoms with E-state index in [9.17, 15) is 4.79 Å². The van der Waals surface area contributed by atoms with Crippen molar-refractivity contribution in [3.63, 3.8) is 0 Å². The summed E-state index contributed by atoms with van der Waals surface area (Å²) in [6, 6.07) is 7.86. The van der Waals surface area contributed by atoms with Crippen LogP contribution in [0.2, 0.25) is 0 Å². The van der Waals surface area contributed by atoms with Crippen molar-refractivity contribution in [1.82, 2.24) is 4.98 Å². The number of benzene rings is 1. The molecule has 0 saturated carbocycles. The van der Waals surface area contributed by atoms with Crippen molar-refractivity contribution in [1.29, 1.82) is 0 Å². The molecule has 0 radical (unpaired) electrons. The van der Waals surface area contributed by atoms with E-state index in [0.717, 1.165) is 40.0 Å². The molecule has 1 aromatic carbocycles. The van der Waals surface area contributed by atoms with Gasteiger partial charge in [0.15, 0.2) is 5.13 Å². The molecular weight excluding hydrogens is 348 g/mol. The second-order valence-electron chi connectivity index (χ2n) is 6.08. The number of methoxy groups -OCH3 is 2. The van der Waals surface area contributed by atoms with Gasteiger partial charge >= 0.3 is 5.97 Å². The van der Waals surface area contributed by atoms with Crippen molar-refractivity contribution in [3.05, 3.63) is 29.1 Å². The Kier molecular flexibility index (Phi) is 8.41. The highest BCUT2D eigenvalue weighted by Crippen LogP contribution is 2.33. The summed E-state index contributed by atoms with van der Waals surface area (Å²) in [5.74, 6) is 0.613. The molecule has 26 heavy (non-hydrogen) atoms. The van der Waals surface area contributed by atoms with Crippen LogP contribution in [0, 0.1) is 0 Å². The van der Waals surface area contributed by atoms with Crippen LogP contribution in [-0.4, -0.2) is 31.7 Å². The van der Waals surface area contributed by atoms with Gasteiger partial charge in [0.2, 0.25) is 0 Å². The highest BCUT2D eigenvalue weighted by molar-refractivity contribution is 7.16. The molecule has 0 aliphatic rings. The maximum Gasteiger partial charge on any atom is 0.305 e. The van der Waals surface area contributed by atoms with Gasteiger partial charge in [-0.3, -0.25) is 4.79 Å². The smallest absolute Gasteiger partial charge is 0.305 e. The summed E-state index contributed by atoms with van der Waals surface area (Å²) in [4.78, 5) is 17.4. The number of rotatable bonds is 11. The normalized spacial score (nSPS) is 10.6. The molecule has 0 fully saturated rings. The molecule has 1 aromatic heterocycles. The molecule has 0 unspecified atom stereocenters. The second kappa shape index (κ2) is 10.8. The van der Waals surface area contributed by atoms with Gasteiger partial charge in [0.1, 0.15) is 5.75 Å². The number of aromatic nitrogens is 1. The molecule has 2 rings (SSSR count). The number of esters is 1. The summed E-state index contributed by atoms with van der Waals surface area (Å²) in [5.41, 5.74) is 1.96. The third-order valence-electron chi connectivity index (χ3n) is 4.15. The molecule has 2 aromatic rings. The van der Waals surface area contributed by atoms with Gasteiger partial charge in [-0.05, 0) is 37.1 Å². The highest BCUT2D eigenvalue weighted by Gasteiger charge is 2.15. The minimum atomic E-state index is -0.201. The van der Waals surface area contributed by atoms with Crippen LogP contribution in [0.3, 0.4) is 0 Å². The molecule has 1 N–H and O–H groups in total. The Morgan fingerprint density at radius 3 is 2.58 bits per heavy atom. The van der Waals surface area contributed by atoms with Gasteiger partial charge in [-0.15, -0.1) is 11.3 Å². The number of aryl methyl sites for hydroxylation is 1. The first-order valence-corrected chi connectivity index (χ1v) is 9.94. The fraction of sp³-hybridized carbons (Fsp3) is 0.500. The number of carbonyl (C=O) groups excluding carboxylic acids is 1. The summed E-state index contributed by atoms with van der Waals surface area (Å²) in [6.07, 6.45) is 5.86. The molecule has 6 heteroatoms. The summed E-state index contributed by atoms with van der Waals surface area (Å²) < 4.78 is 10.00. The minimum absolute atomic E-state index is 0.201. The Labute approximate surface area is 159 Å². The Balaban J connectivity index is 2.12. The van der Waals surface area contributed by atoms with E-state index in [4.69, 9.17) is 14.5 Å². The summed E-state index contributed by atoms with van der Waals surface area (Å²) in [7, 11) is 3.07. The van der Waals surface area contributed by atoms with Gasteiger partial charge in [0, 0.05) is 17.0 Å². The number of ether oxygens (including phenoxy) is 2. The lowest BCUT2D eigenvalue weighted by Gasteiger charge is -2.04. The van der Waals surface area contributed by atoms with Crippen LogP contribution in [0.5, 0.6) is 5.75 Å². The molecule has 0 spiro atoms. The maximum absolute atomic E-state index is 11.5. The van der Waals surface area contributed by atoms with Crippen molar-refractivity contribution in [2.24, 2.45) is 0 Å². The zero-order chi connectivity index (χ0) is 18.8. The number of hydrogen-bond acceptors (Lipinski definition) is 6. The van der Waals surface area contributed by atoms with Crippen LogP contribution in [-0.2, 0) is 16.0 Å². The number of unbranched alkanes of at least 4 members (excludes halogenated alkanes) is 3. The summed E-state index contributed by atoms with van der Waals surface area (Å²) >= 11 is 1.62. The first kappa shape index (κ1) is 20.2. The fourth-order valence-corrected chi connectivity index (χ4v) is 3.64. The molecule has 5 nitrogen and oxygen atoms in total. The predicted molar refractivity (Wildman–Crippen MR) is 107 cm³/mol. The van der Waals surface area contributed by atoms with Crippen LogP contribution in [0.25, 0.3) is 11.3 Å². The predicted octanol–water partition coefficient (Wildman–Crippen LogP) is 4.92. The van der Waals surface area contributed by atoms with Crippen molar-refractivity contribution < 1.29 is 14.3 Å². The third-order valence-corrected chi connectivity index (χ3v) is 5.22. The fourth-order valence-electron chi connectivity index (χ4n) is 2.64. The average Bonchev–Trinajstić information content (AvgIpc) is 3.09. The van der Waals surface area contributed by atoms with Crippen molar-refractivity contribution in [2.45, 2.75) is 45.4 Å². The van der Waals surface area contributed by atoms with Gasteiger partial charge in [-0.25, -0.2) is 4.98 Å². The number of nitrogens with one attached hydrogen (secondary N) is 1. The number of hydrogen-bond donors (Lipinski definition) is 1. The first-order chi connectivity index (χ1) is 12.7. The largest absolute Gasteiger partial charge is 0.497 e. The van der Waals surface area contributed by atoms with Crippen LogP contribution < -0.4 is 10.1 Å². The highest BCUT2D eigenvalue weighted by atomic mass is 32.1. The Hall–Kier alpha value is -2.08. The van der Waals surface area contributed by atoms with E-state index in [2.05, 4.69) is 12.2 Å². The molecule has 1 heterocycles. The lowest BCUT2D eigenvalue weighted by molar-refractivity contribution is -0.140. The van der Waals surface area contributed by atoms with Gasteiger partial charge in [0.05, 0.1) is 26.3 Å². The summed E-state index contributed by atoms with van der Waals surface area (Å²) in [6.45, 7) is 3.13. The minimum Gasteiger partial charge on any atom is -0.497 e. The zero-order valence-corrected chi connectivity index (χ0v) is 16.7. The van der Waals surface area contributed by atoms with Crippen molar-refractivity contribution in [3.8, 4) is 17.0 Å². The second-order valence-corrected chi connectivity index (χ2v) is 7.17. The number of anilines is 1. The Morgan fingerprint density at radius 1 is 1.15 bits per heavy atom. The van der Waals surface area contributed by atoms with Crippen LogP contribution in [0.4, 0.5) is 5.13 Å². The quantitative estimate of drug-likeness (QED) is 0.446. The van der Waals surface area contributed by atoms with E-state index >= 15 is 0 Å². The third kappa shape index (κ3) is 6.02. The van der Waals surface area contributed by atoms with Crippen LogP contribution >= 0.6 is 11.3 Å². The van der Waals surface area contributed by atoms with E-state index in [0.29, 0.717) is 12.8 Å². The SMILES string of the molecule is CCCCCCNc1nc(-c2ccc(OC)cc2)c(CCC(=O)OC)s1. The summed E-state index contributed by atoms with van der Waals surface area (Å²) in [5, 5.41) is 4.33. The topological polar surface area (TPSA) is 60.5 Å². The van der Waals surface area contributed by atoms with Crippen LogP contribution in [0.1, 0.15) is 43.9 Å². The van der Waals surface area contributed by atoms with E-state index < -0.39 is 0 Å². The number of nitrogens with zero attached hydrogens (tertiary/aromatic N) is 1. The molecule has 0 atom stereocenters. The van der Waals surface area contributed by atoms with Gasteiger partial charge in [-0.2, -0.15) is 0 Å². The van der Waals surface area contributed by atoms with Crippen LogP contribution in [0.15, 0.2) is 24.3 Å². The lowest BCUT2D eigenvalue weighted by Crippen LogP contribution is -2.01. The first-order valence-electron chi connectivity index (χ1n) is 9.12. The van der Waals surface area contributed by atoms with Crippen molar-refractivity contribution >= 4 is 22.4 Å². The average molecular weight is 377 g/mol. The molecule has 0 amide bonds. The molecule has 0 aliphatic carbocycles. The molecule has 0 aliphatic heterocycles. The maximum atomic E-state index is 11.5. The van der Waals surface area contributed by atoms with Crippen molar-refractivity contribution in [2.75, 3.05) is 26.1 Å². The number of carbonyl (C=O) groups is 1. The lowest BCUT2D eigenvalue weighted by atomic mass is 10.1. The Morgan fingerprint density at radius 2 is 1.92 bits per heavy atom. The van der Waals surface area contributed by atoms with Gasteiger partial charge in [-0.1, -0.05) is 26.2 Å². The molecule has 142 valence electrons. The standard InChI is InChI=1S/C20H28N2O3S/c1-4-5-6-7-14-21-20-22-19(15-8-10-16(24-2)11-9-15)17(26-20)12-13-18(23)25-3/h8-11H,4-7,12-14H2,1-3H3,(H,21,22). The molecular formula is C20H28N2O3S. The molecule has 0 bridgehead atoms. The van der Waals surface area contributed by atoms with Gasteiger partial charge in [0.25, 0.3) is 0 Å². The van der Waals surface area contributed by atoms with E-state index in [1.807, 2.05) is 24.3 Å². The van der Waals surface area contributed by atoms with E-state index in [-0.39, 0.29) is 5.97 Å². The number of thiazole rings is 1. The zero-order valence-electron chi connectivity index (χ0n) is 15.8. The van der Waals surface area contributed by atoms with E-state index in [1.54, 1.807) is 18.4 Å². The van der Waals surface area contributed by atoms with Gasteiger partial charge < -0.3 is 14.8 Å². The van der Waals surface area contributed by atoms with E-state index in [1.165, 1.54) is 26.4 Å². The molecule has 0 saturated heterocycles. The monoisotopic (exact) mass is 376 g/mol.